The minimum absolute atomic E-state index is 0.267. The van der Waals surface area contributed by atoms with Gasteiger partial charge in [-0.1, -0.05) is 0 Å². The molecule has 0 radical (unpaired) electrons. The molecule has 0 saturated heterocycles. The van der Waals surface area contributed by atoms with E-state index in [0.717, 1.165) is 5.56 Å². The van der Waals surface area contributed by atoms with Crippen LogP contribution in [0.4, 0.5) is 0 Å². The van der Waals surface area contributed by atoms with Gasteiger partial charge < -0.3 is 5.32 Å². The molecule has 1 amide bonds. The Morgan fingerprint density at radius 1 is 1.31 bits per heavy atom. The zero-order valence-corrected chi connectivity index (χ0v) is 8.37. The van der Waals surface area contributed by atoms with Gasteiger partial charge in [-0.25, -0.2) is 9.97 Å². The van der Waals surface area contributed by atoms with Gasteiger partial charge in [0, 0.05) is 30.7 Å². The molecule has 1 N–H and O–H groups in total. The lowest BCUT2D eigenvalue weighted by molar-refractivity contribution is 0.0945. The van der Waals surface area contributed by atoms with E-state index < -0.39 is 0 Å². The van der Waals surface area contributed by atoms with Crippen molar-refractivity contribution in [1.82, 2.24) is 25.5 Å². The van der Waals surface area contributed by atoms with Crippen molar-refractivity contribution in [3.63, 3.8) is 0 Å². The van der Waals surface area contributed by atoms with Crippen LogP contribution in [0.25, 0.3) is 0 Å². The highest BCUT2D eigenvalue weighted by atomic mass is 16.1. The number of nitrogens with one attached hydrogen (secondary N) is 1. The van der Waals surface area contributed by atoms with Crippen molar-refractivity contribution in [3.8, 4) is 0 Å². The lowest BCUT2D eigenvalue weighted by atomic mass is 10.3. The van der Waals surface area contributed by atoms with E-state index in [1.54, 1.807) is 24.5 Å². The van der Waals surface area contributed by atoms with Crippen LogP contribution in [-0.4, -0.2) is 26.1 Å². The second kappa shape index (κ2) is 4.92. The average molecular weight is 215 g/mol. The van der Waals surface area contributed by atoms with E-state index in [-0.39, 0.29) is 5.91 Å². The SMILES string of the molecule is O=C(NCc1cncnc1)c1cccnn1. The van der Waals surface area contributed by atoms with Crippen LogP contribution in [0, 0.1) is 0 Å². The second-order valence-corrected chi connectivity index (χ2v) is 3.04. The number of nitrogens with zero attached hydrogens (tertiary/aromatic N) is 4. The summed E-state index contributed by atoms with van der Waals surface area (Å²) in [6.45, 7) is 0.371. The average Bonchev–Trinajstić information content (AvgIpc) is 2.38. The first kappa shape index (κ1) is 10.2. The predicted molar refractivity (Wildman–Crippen MR) is 55.2 cm³/mol. The number of amides is 1. The molecule has 0 spiro atoms. The predicted octanol–water partition coefficient (Wildman–Crippen LogP) is 0.197. The summed E-state index contributed by atoms with van der Waals surface area (Å²) in [6.07, 6.45) is 6.24. The van der Waals surface area contributed by atoms with Crippen LogP contribution in [0.2, 0.25) is 0 Å². The highest BCUT2D eigenvalue weighted by Gasteiger charge is 2.05. The molecule has 0 fully saturated rings. The Balaban J connectivity index is 1.95. The summed E-state index contributed by atoms with van der Waals surface area (Å²) in [5, 5.41) is 10.0. The third kappa shape index (κ3) is 2.57. The molecule has 0 bridgehead atoms. The molecule has 80 valence electrons. The van der Waals surface area contributed by atoms with E-state index in [1.165, 1.54) is 12.5 Å². The Kier molecular flexibility index (Phi) is 3.12. The van der Waals surface area contributed by atoms with Crippen LogP contribution >= 0.6 is 0 Å². The first-order chi connectivity index (χ1) is 7.86. The van der Waals surface area contributed by atoms with E-state index in [9.17, 15) is 4.79 Å². The van der Waals surface area contributed by atoms with E-state index >= 15 is 0 Å². The first-order valence-electron chi connectivity index (χ1n) is 4.66. The van der Waals surface area contributed by atoms with Crippen molar-refractivity contribution in [3.05, 3.63) is 48.3 Å². The zero-order chi connectivity index (χ0) is 11.2. The van der Waals surface area contributed by atoms with Crippen LogP contribution in [-0.2, 0) is 6.54 Å². The summed E-state index contributed by atoms with van der Waals surface area (Å²) in [5.41, 5.74) is 1.12. The minimum Gasteiger partial charge on any atom is -0.346 e. The number of hydrogen-bond donors (Lipinski definition) is 1. The molecule has 0 unspecified atom stereocenters. The topological polar surface area (TPSA) is 80.7 Å². The standard InChI is InChI=1S/C10H9N5O/c16-10(9-2-1-3-14-15-9)13-6-8-4-11-7-12-5-8/h1-5,7H,6H2,(H,13,16). The van der Waals surface area contributed by atoms with Gasteiger partial charge >= 0.3 is 0 Å². The Labute approximate surface area is 91.8 Å². The van der Waals surface area contributed by atoms with Crippen LogP contribution in [0.5, 0.6) is 0 Å². The Morgan fingerprint density at radius 2 is 2.12 bits per heavy atom. The normalized spacial score (nSPS) is 9.75. The lowest BCUT2D eigenvalue weighted by Gasteiger charge is -2.02. The fourth-order valence-electron chi connectivity index (χ4n) is 1.12. The third-order valence-corrected chi connectivity index (χ3v) is 1.87. The van der Waals surface area contributed by atoms with Crippen molar-refractivity contribution in [2.75, 3.05) is 0 Å². The van der Waals surface area contributed by atoms with Crippen molar-refractivity contribution in [2.24, 2.45) is 0 Å². The first-order valence-corrected chi connectivity index (χ1v) is 4.66. The van der Waals surface area contributed by atoms with Gasteiger partial charge in [0.15, 0.2) is 5.69 Å². The van der Waals surface area contributed by atoms with Gasteiger partial charge in [0.25, 0.3) is 5.91 Å². The molecule has 6 heteroatoms. The van der Waals surface area contributed by atoms with Gasteiger partial charge in [0.2, 0.25) is 0 Å². The molecule has 0 atom stereocenters. The number of aromatic nitrogens is 4. The Morgan fingerprint density at radius 3 is 2.81 bits per heavy atom. The van der Waals surface area contributed by atoms with Crippen molar-refractivity contribution < 1.29 is 4.79 Å². The largest absolute Gasteiger partial charge is 0.346 e. The lowest BCUT2D eigenvalue weighted by Crippen LogP contribution is -2.24. The molecule has 6 nitrogen and oxygen atoms in total. The highest BCUT2D eigenvalue weighted by molar-refractivity contribution is 5.91. The Hall–Kier alpha value is -2.37. The minimum atomic E-state index is -0.267. The number of hydrogen-bond acceptors (Lipinski definition) is 5. The van der Waals surface area contributed by atoms with Gasteiger partial charge in [0.1, 0.15) is 6.33 Å². The molecule has 2 heterocycles. The van der Waals surface area contributed by atoms with Gasteiger partial charge in [-0.05, 0) is 12.1 Å². The molecule has 0 aromatic carbocycles. The molecule has 0 saturated carbocycles. The molecule has 2 aromatic heterocycles. The van der Waals surface area contributed by atoms with Gasteiger partial charge in [-0.3, -0.25) is 4.79 Å². The molecule has 0 aliphatic rings. The van der Waals surface area contributed by atoms with E-state index in [1.807, 2.05) is 0 Å². The van der Waals surface area contributed by atoms with Gasteiger partial charge in [-0.2, -0.15) is 5.10 Å². The molecule has 0 aliphatic carbocycles. The zero-order valence-electron chi connectivity index (χ0n) is 8.37. The fraction of sp³-hybridized carbons (Fsp3) is 0.100. The maximum Gasteiger partial charge on any atom is 0.272 e. The summed E-state index contributed by atoms with van der Waals surface area (Å²) in [5.74, 6) is -0.267. The summed E-state index contributed by atoms with van der Waals surface area (Å²) in [6, 6.07) is 3.26. The summed E-state index contributed by atoms with van der Waals surface area (Å²) < 4.78 is 0. The number of rotatable bonds is 3. The van der Waals surface area contributed by atoms with Gasteiger partial charge in [0.05, 0.1) is 0 Å². The maximum atomic E-state index is 11.6. The smallest absolute Gasteiger partial charge is 0.272 e. The van der Waals surface area contributed by atoms with E-state index in [0.29, 0.717) is 12.2 Å². The van der Waals surface area contributed by atoms with E-state index in [2.05, 4.69) is 25.5 Å². The van der Waals surface area contributed by atoms with Crippen LogP contribution < -0.4 is 5.32 Å². The molecule has 0 aliphatic heterocycles. The highest BCUT2D eigenvalue weighted by Crippen LogP contribution is 1.95. The van der Waals surface area contributed by atoms with Gasteiger partial charge in [-0.15, -0.1) is 5.10 Å². The molecule has 2 rings (SSSR count). The number of carbonyl (C=O) groups is 1. The van der Waals surface area contributed by atoms with Crippen LogP contribution in [0.3, 0.4) is 0 Å². The van der Waals surface area contributed by atoms with Crippen molar-refractivity contribution in [2.45, 2.75) is 6.54 Å². The molecule has 16 heavy (non-hydrogen) atoms. The number of carbonyl (C=O) groups excluding carboxylic acids is 1. The molecular formula is C10H9N5O. The third-order valence-electron chi connectivity index (χ3n) is 1.87. The van der Waals surface area contributed by atoms with Crippen LogP contribution in [0.1, 0.15) is 16.1 Å². The van der Waals surface area contributed by atoms with Crippen LogP contribution in [0.15, 0.2) is 37.1 Å². The summed E-state index contributed by atoms with van der Waals surface area (Å²) >= 11 is 0. The quantitative estimate of drug-likeness (QED) is 0.790. The second-order valence-electron chi connectivity index (χ2n) is 3.04. The summed E-state index contributed by atoms with van der Waals surface area (Å²) in [4.78, 5) is 19.3. The summed E-state index contributed by atoms with van der Waals surface area (Å²) in [7, 11) is 0. The molecule has 2 aromatic rings. The van der Waals surface area contributed by atoms with E-state index in [4.69, 9.17) is 0 Å². The van der Waals surface area contributed by atoms with Crippen molar-refractivity contribution in [1.29, 1.82) is 0 Å². The molecular weight excluding hydrogens is 206 g/mol. The monoisotopic (exact) mass is 215 g/mol. The Bertz CT molecular complexity index is 459. The fourth-order valence-corrected chi connectivity index (χ4v) is 1.12. The van der Waals surface area contributed by atoms with Crippen molar-refractivity contribution >= 4 is 5.91 Å². The maximum absolute atomic E-state index is 11.6.